The average molecular weight is 363 g/mol. The summed E-state index contributed by atoms with van der Waals surface area (Å²) >= 11 is 1.82. The van der Waals surface area contributed by atoms with E-state index >= 15 is 0 Å². The number of aromatic nitrogens is 2. The van der Waals surface area contributed by atoms with Crippen LogP contribution in [0.1, 0.15) is 34.7 Å². The van der Waals surface area contributed by atoms with Crippen LogP contribution in [0.15, 0.2) is 42.7 Å². The Morgan fingerprint density at radius 3 is 3.08 bits per heavy atom. The number of benzene rings is 1. The predicted molar refractivity (Wildman–Crippen MR) is 104 cm³/mol. The van der Waals surface area contributed by atoms with Gasteiger partial charge in [-0.15, -0.1) is 11.3 Å². The van der Waals surface area contributed by atoms with Gasteiger partial charge in [0.1, 0.15) is 10.8 Å². The van der Waals surface area contributed by atoms with Crippen molar-refractivity contribution < 1.29 is 4.74 Å². The third-order valence-electron chi connectivity index (χ3n) is 5.42. The topological polar surface area (TPSA) is 38.2 Å². The van der Waals surface area contributed by atoms with Gasteiger partial charge in [0, 0.05) is 48.4 Å². The van der Waals surface area contributed by atoms with E-state index in [0.717, 1.165) is 48.9 Å². The van der Waals surface area contributed by atoms with Gasteiger partial charge in [-0.2, -0.15) is 0 Å². The maximum absolute atomic E-state index is 5.75. The number of thiazole rings is 1. The Morgan fingerprint density at radius 1 is 1.23 bits per heavy atom. The smallest absolute Gasteiger partial charge is 0.125 e. The zero-order valence-corrected chi connectivity index (χ0v) is 15.6. The molecule has 0 fully saturated rings. The van der Waals surface area contributed by atoms with Crippen LogP contribution in [0.5, 0.6) is 5.75 Å². The van der Waals surface area contributed by atoms with Crippen molar-refractivity contribution in [2.24, 2.45) is 0 Å². The van der Waals surface area contributed by atoms with Crippen LogP contribution in [-0.2, 0) is 19.4 Å². The second kappa shape index (κ2) is 6.49. The Labute approximate surface area is 157 Å². The van der Waals surface area contributed by atoms with Crippen LogP contribution < -0.4 is 4.74 Å². The predicted octanol–water partition coefficient (Wildman–Crippen LogP) is 4.26. The lowest BCUT2D eigenvalue weighted by molar-refractivity contribution is 0.190. The number of hydrogen-bond acceptors (Lipinski definition) is 5. The Kier molecular flexibility index (Phi) is 3.98. The fourth-order valence-electron chi connectivity index (χ4n) is 3.82. The number of fused-ring (bicyclic) bond motifs is 2. The number of rotatable bonds is 3. The van der Waals surface area contributed by atoms with Crippen LogP contribution in [-0.4, -0.2) is 28.0 Å². The molecule has 0 radical (unpaired) electrons. The van der Waals surface area contributed by atoms with Crippen molar-refractivity contribution in [3.8, 4) is 16.3 Å². The largest absolute Gasteiger partial charge is 0.493 e. The van der Waals surface area contributed by atoms with E-state index in [-0.39, 0.29) is 0 Å². The van der Waals surface area contributed by atoms with Crippen LogP contribution in [0.3, 0.4) is 0 Å². The van der Waals surface area contributed by atoms with Crippen molar-refractivity contribution in [1.29, 1.82) is 0 Å². The Balaban J connectivity index is 1.38. The summed E-state index contributed by atoms with van der Waals surface area (Å²) in [6.07, 6.45) is 5.81. The van der Waals surface area contributed by atoms with Crippen LogP contribution in [0, 0.1) is 0 Å². The molecular formula is C21H21N3OS. The molecule has 5 rings (SSSR count). The van der Waals surface area contributed by atoms with E-state index in [9.17, 15) is 0 Å². The molecule has 3 aromatic rings. The summed E-state index contributed by atoms with van der Waals surface area (Å²) < 4.78 is 5.75. The van der Waals surface area contributed by atoms with Crippen LogP contribution in [0.25, 0.3) is 10.6 Å². The molecule has 132 valence electrons. The molecule has 0 bridgehead atoms. The molecule has 4 nitrogen and oxygen atoms in total. The third-order valence-corrected chi connectivity index (χ3v) is 6.62. The van der Waals surface area contributed by atoms with Gasteiger partial charge in [0.25, 0.3) is 0 Å². The van der Waals surface area contributed by atoms with Gasteiger partial charge in [-0.25, -0.2) is 4.98 Å². The minimum absolute atomic E-state index is 0.362. The standard InChI is InChI=1S/C21H21N3OS/c1-14(16-5-4-15-7-10-25-19(15)11-16)24-9-6-20-18(13-24)23-21(26-20)17-3-2-8-22-12-17/h2-5,8,11-12,14H,6-7,9-10,13H2,1H3. The zero-order chi connectivity index (χ0) is 17.5. The highest BCUT2D eigenvalue weighted by molar-refractivity contribution is 7.15. The van der Waals surface area contributed by atoms with Crippen LogP contribution in [0.4, 0.5) is 0 Å². The number of pyridine rings is 1. The Hall–Kier alpha value is -2.24. The summed E-state index contributed by atoms with van der Waals surface area (Å²) in [5.74, 6) is 1.07. The molecule has 1 atom stereocenters. The van der Waals surface area contributed by atoms with Crippen molar-refractivity contribution >= 4 is 11.3 Å². The number of nitrogens with zero attached hydrogens (tertiary/aromatic N) is 3. The molecule has 2 aliphatic rings. The molecule has 1 unspecified atom stereocenters. The van der Waals surface area contributed by atoms with E-state index in [0.29, 0.717) is 6.04 Å². The minimum atomic E-state index is 0.362. The van der Waals surface area contributed by atoms with Gasteiger partial charge in [-0.05, 0) is 42.7 Å². The molecule has 2 aromatic heterocycles. The third kappa shape index (κ3) is 2.81. The van der Waals surface area contributed by atoms with Crippen molar-refractivity contribution in [2.75, 3.05) is 13.2 Å². The van der Waals surface area contributed by atoms with Crippen molar-refractivity contribution in [3.63, 3.8) is 0 Å². The molecule has 0 N–H and O–H groups in total. The molecule has 0 spiro atoms. The lowest BCUT2D eigenvalue weighted by atomic mass is 10.0. The minimum Gasteiger partial charge on any atom is -0.493 e. The van der Waals surface area contributed by atoms with Gasteiger partial charge >= 0.3 is 0 Å². The summed E-state index contributed by atoms with van der Waals surface area (Å²) in [7, 11) is 0. The van der Waals surface area contributed by atoms with E-state index in [4.69, 9.17) is 9.72 Å². The maximum Gasteiger partial charge on any atom is 0.125 e. The van der Waals surface area contributed by atoms with E-state index < -0.39 is 0 Å². The summed E-state index contributed by atoms with van der Waals surface area (Å²) in [5.41, 5.74) is 5.01. The molecule has 0 saturated carbocycles. The molecular weight excluding hydrogens is 342 g/mol. The summed E-state index contributed by atoms with van der Waals surface area (Å²) in [5, 5.41) is 1.09. The van der Waals surface area contributed by atoms with Gasteiger partial charge in [-0.3, -0.25) is 9.88 Å². The maximum atomic E-state index is 5.75. The Bertz CT molecular complexity index is 938. The fraction of sp³-hybridized carbons (Fsp3) is 0.333. The summed E-state index contributed by atoms with van der Waals surface area (Å²) in [6, 6.07) is 11.1. The quantitative estimate of drug-likeness (QED) is 0.697. The van der Waals surface area contributed by atoms with Gasteiger partial charge in [0.2, 0.25) is 0 Å². The molecule has 1 aromatic carbocycles. The van der Waals surface area contributed by atoms with E-state index in [1.165, 1.54) is 21.7 Å². The van der Waals surface area contributed by atoms with E-state index in [1.54, 1.807) is 6.20 Å². The normalized spacial score (nSPS) is 17.4. The molecule has 4 heterocycles. The second-order valence-electron chi connectivity index (χ2n) is 6.99. The van der Waals surface area contributed by atoms with Crippen LogP contribution >= 0.6 is 11.3 Å². The van der Waals surface area contributed by atoms with Gasteiger partial charge in [-0.1, -0.05) is 12.1 Å². The van der Waals surface area contributed by atoms with E-state index in [2.05, 4.69) is 41.1 Å². The first-order chi connectivity index (χ1) is 12.8. The SMILES string of the molecule is CC(c1ccc2c(c1)OCC2)N1CCc2sc(-c3cccnc3)nc2C1. The second-order valence-corrected chi connectivity index (χ2v) is 8.08. The fourth-order valence-corrected chi connectivity index (χ4v) is 4.86. The van der Waals surface area contributed by atoms with Gasteiger partial charge < -0.3 is 4.74 Å². The monoisotopic (exact) mass is 363 g/mol. The molecule has 0 saturated heterocycles. The van der Waals surface area contributed by atoms with Crippen LogP contribution in [0.2, 0.25) is 0 Å². The molecule has 26 heavy (non-hydrogen) atoms. The lowest BCUT2D eigenvalue weighted by Crippen LogP contribution is -2.32. The highest BCUT2D eigenvalue weighted by Gasteiger charge is 2.26. The van der Waals surface area contributed by atoms with Crippen molar-refractivity contribution in [3.05, 3.63) is 64.4 Å². The zero-order valence-electron chi connectivity index (χ0n) is 14.8. The number of ether oxygens (including phenoxy) is 1. The van der Waals surface area contributed by atoms with E-state index in [1.807, 2.05) is 23.6 Å². The first kappa shape index (κ1) is 16.0. The lowest BCUT2D eigenvalue weighted by Gasteiger charge is -2.32. The number of hydrogen-bond donors (Lipinski definition) is 0. The molecule has 5 heteroatoms. The van der Waals surface area contributed by atoms with Crippen molar-refractivity contribution in [2.45, 2.75) is 32.4 Å². The first-order valence-corrected chi connectivity index (χ1v) is 9.98. The summed E-state index contributed by atoms with van der Waals surface area (Å²) in [4.78, 5) is 13.1. The molecule has 0 aliphatic carbocycles. The Morgan fingerprint density at radius 2 is 2.19 bits per heavy atom. The molecule has 2 aliphatic heterocycles. The van der Waals surface area contributed by atoms with Crippen molar-refractivity contribution in [1.82, 2.24) is 14.9 Å². The van der Waals surface area contributed by atoms with Gasteiger partial charge in [0.05, 0.1) is 12.3 Å². The van der Waals surface area contributed by atoms with Gasteiger partial charge in [0.15, 0.2) is 0 Å². The highest BCUT2D eigenvalue weighted by atomic mass is 32.1. The first-order valence-electron chi connectivity index (χ1n) is 9.16. The average Bonchev–Trinajstić information content (AvgIpc) is 3.33. The molecule has 0 amide bonds. The highest BCUT2D eigenvalue weighted by Crippen LogP contribution is 2.35. The summed E-state index contributed by atoms with van der Waals surface area (Å²) in [6.45, 7) is 5.08.